The summed E-state index contributed by atoms with van der Waals surface area (Å²) in [6.45, 7) is 0. The number of benzene rings is 2. The predicted octanol–water partition coefficient (Wildman–Crippen LogP) is 3.46. The van der Waals surface area contributed by atoms with Crippen LogP contribution in [0.25, 0.3) is 22.3 Å². The molecule has 130 valence electrons. The minimum Gasteiger partial charge on any atom is -0.265 e. The molecule has 0 saturated carbocycles. The van der Waals surface area contributed by atoms with Crippen molar-refractivity contribution >= 4 is 23.2 Å². The van der Waals surface area contributed by atoms with E-state index >= 15 is 0 Å². The minimum atomic E-state index is -0.419. The first-order chi connectivity index (χ1) is 13.3. The zero-order valence-corrected chi connectivity index (χ0v) is 14.3. The third-order valence-electron chi connectivity index (χ3n) is 3.92. The lowest BCUT2D eigenvalue weighted by molar-refractivity contribution is 0.0951. The molecule has 6 nitrogen and oxygen atoms in total. The van der Waals surface area contributed by atoms with Crippen LogP contribution in [0.2, 0.25) is 0 Å². The molecule has 1 N–H and O–H groups in total. The molecule has 0 aliphatic carbocycles. The average molecular weight is 353 g/mol. The van der Waals surface area contributed by atoms with Crippen LogP contribution in [-0.2, 0) is 0 Å². The number of carbonyl (C=O) groups is 1. The van der Waals surface area contributed by atoms with Gasteiger partial charge in [-0.2, -0.15) is 5.10 Å². The fraction of sp³-hybridized carbons (Fsp3) is 0. The molecule has 1 amide bonds. The SMILES string of the molecule is O=C(N/N=C/c1ccncc1)c1nc2ccccc2nc1-c1ccccc1. The van der Waals surface area contributed by atoms with Gasteiger partial charge in [-0.1, -0.05) is 42.5 Å². The Morgan fingerprint density at radius 1 is 0.852 bits per heavy atom. The zero-order valence-electron chi connectivity index (χ0n) is 14.3. The third-order valence-corrected chi connectivity index (χ3v) is 3.92. The highest BCUT2D eigenvalue weighted by Crippen LogP contribution is 2.23. The summed E-state index contributed by atoms with van der Waals surface area (Å²) in [6.07, 6.45) is 4.87. The molecule has 0 saturated heterocycles. The summed E-state index contributed by atoms with van der Waals surface area (Å²) >= 11 is 0. The number of hydrazone groups is 1. The number of carbonyl (C=O) groups excluding carboxylic acids is 1. The average Bonchev–Trinajstić information content (AvgIpc) is 2.74. The number of fused-ring (bicyclic) bond motifs is 1. The van der Waals surface area contributed by atoms with Gasteiger partial charge in [-0.05, 0) is 29.8 Å². The molecule has 0 unspecified atom stereocenters. The molecule has 27 heavy (non-hydrogen) atoms. The molecule has 0 aliphatic rings. The fourth-order valence-corrected chi connectivity index (χ4v) is 2.62. The van der Waals surface area contributed by atoms with E-state index < -0.39 is 5.91 Å². The van der Waals surface area contributed by atoms with Crippen molar-refractivity contribution in [3.05, 3.63) is 90.4 Å². The van der Waals surface area contributed by atoms with Crippen LogP contribution < -0.4 is 5.43 Å². The second kappa shape index (κ2) is 7.53. The van der Waals surface area contributed by atoms with E-state index in [9.17, 15) is 4.79 Å². The van der Waals surface area contributed by atoms with Crippen LogP contribution in [0, 0.1) is 0 Å². The molecule has 0 radical (unpaired) electrons. The Morgan fingerprint density at radius 2 is 1.52 bits per heavy atom. The molecule has 2 aromatic carbocycles. The standard InChI is InChI=1S/C21H15N5O/c27-21(26-23-14-15-10-12-22-13-11-15)20-19(16-6-2-1-3-7-16)24-17-8-4-5-9-18(17)25-20/h1-14H,(H,26,27)/b23-14+. The molecule has 0 spiro atoms. The first-order valence-electron chi connectivity index (χ1n) is 8.37. The van der Waals surface area contributed by atoms with E-state index in [1.807, 2.05) is 54.6 Å². The summed E-state index contributed by atoms with van der Waals surface area (Å²) in [6, 6.07) is 20.5. The van der Waals surface area contributed by atoms with Gasteiger partial charge < -0.3 is 0 Å². The predicted molar refractivity (Wildman–Crippen MR) is 104 cm³/mol. The fourth-order valence-electron chi connectivity index (χ4n) is 2.62. The number of pyridine rings is 1. The van der Waals surface area contributed by atoms with Gasteiger partial charge in [0.2, 0.25) is 0 Å². The number of amides is 1. The monoisotopic (exact) mass is 353 g/mol. The maximum absolute atomic E-state index is 12.7. The maximum Gasteiger partial charge on any atom is 0.292 e. The van der Waals surface area contributed by atoms with Crippen molar-refractivity contribution in [3.8, 4) is 11.3 Å². The van der Waals surface area contributed by atoms with E-state index in [0.29, 0.717) is 11.2 Å². The Kier molecular flexibility index (Phi) is 4.61. The van der Waals surface area contributed by atoms with Crippen molar-refractivity contribution in [1.82, 2.24) is 20.4 Å². The van der Waals surface area contributed by atoms with Crippen LogP contribution in [-0.4, -0.2) is 27.1 Å². The summed E-state index contributed by atoms with van der Waals surface area (Å²) in [7, 11) is 0. The van der Waals surface area contributed by atoms with Gasteiger partial charge in [0, 0.05) is 18.0 Å². The number of nitrogens with one attached hydrogen (secondary N) is 1. The van der Waals surface area contributed by atoms with E-state index in [0.717, 1.165) is 16.6 Å². The van der Waals surface area contributed by atoms with E-state index in [2.05, 4.69) is 25.5 Å². The van der Waals surface area contributed by atoms with E-state index in [1.54, 1.807) is 30.7 Å². The molecular formula is C21H15N5O. The van der Waals surface area contributed by atoms with Crippen molar-refractivity contribution in [2.24, 2.45) is 5.10 Å². The second-order valence-corrected chi connectivity index (χ2v) is 5.76. The van der Waals surface area contributed by atoms with E-state index in [1.165, 1.54) is 0 Å². The van der Waals surface area contributed by atoms with Gasteiger partial charge in [0.05, 0.1) is 17.2 Å². The highest BCUT2D eigenvalue weighted by molar-refractivity contribution is 6.00. The normalized spacial score (nSPS) is 11.0. The lowest BCUT2D eigenvalue weighted by atomic mass is 10.1. The molecule has 2 heterocycles. The van der Waals surface area contributed by atoms with Crippen molar-refractivity contribution in [2.75, 3.05) is 0 Å². The van der Waals surface area contributed by atoms with Crippen LogP contribution >= 0.6 is 0 Å². The van der Waals surface area contributed by atoms with Gasteiger partial charge in [0.25, 0.3) is 5.91 Å². The number of para-hydroxylation sites is 2. The van der Waals surface area contributed by atoms with Gasteiger partial charge in [-0.25, -0.2) is 15.4 Å². The number of aromatic nitrogens is 3. The lowest BCUT2D eigenvalue weighted by Crippen LogP contribution is -2.20. The Bertz CT molecular complexity index is 1110. The minimum absolute atomic E-state index is 0.228. The zero-order chi connectivity index (χ0) is 18.5. The topological polar surface area (TPSA) is 80.1 Å². The van der Waals surface area contributed by atoms with E-state index in [4.69, 9.17) is 0 Å². The summed E-state index contributed by atoms with van der Waals surface area (Å²) in [5.74, 6) is -0.419. The Balaban J connectivity index is 1.71. The third kappa shape index (κ3) is 3.69. The molecule has 4 rings (SSSR count). The van der Waals surface area contributed by atoms with Crippen LogP contribution in [0.4, 0.5) is 0 Å². The first-order valence-corrected chi connectivity index (χ1v) is 8.37. The Hall–Kier alpha value is -3.93. The first kappa shape index (κ1) is 16.5. The van der Waals surface area contributed by atoms with Gasteiger partial charge in [-0.3, -0.25) is 9.78 Å². The lowest BCUT2D eigenvalue weighted by Gasteiger charge is -2.09. The van der Waals surface area contributed by atoms with Crippen molar-refractivity contribution in [2.45, 2.75) is 0 Å². The molecule has 2 aromatic heterocycles. The van der Waals surface area contributed by atoms with Crippen LogP contribution in [0.1, 0.15) is 16.1 Å². The number of hydrogen-bond acceptors (Lipinski definition) is 5. The highest BCUT2D eigenvalue weighted by Gasteiger charge is 2.17. The van der Waals surface area contributed by atoms with Gasteiger partial charge >= 0.3 is 0 Å². The second-order valence-electron chi connectivity index (χ2n) is 5.76. The number of hydrogen-bond donors (Lipinski definition) is 1. The summed E-state index contributed by atoms with van der Waals surface area (Å²) in [4.78, 5) is 25.8. The van der Waals surface area contributed by atoms with Crippen molar-refractivity contribution < 1.29 is 4.79 Å². The molecule has 0 fully saturated rings. The molecule has 0 bridgehead atoms. The summed E-state index contributed by atoms with van der Waals surface area (Å²) in [5, 5.41) is 4.01. The summed E-state index contributed by atoms with van der Waals surface area (Å²) < 4.78 is 0. The van der Waals surface area contributed by atoms with Crippen LogP contribution in [0.5, 0.6) is 0 Å². The van der Waals surface area contributed by atoms with Gasteiger partial charge in [-0.15, -0.1) is 0 Å². The van der Waals surface area contributed by atoms with E-state index in [-0.39, 0.29) is 5.69 Å². The molecule has 0 atom stereocenters. The highest BCUT2D eigenvalue weighted by atomic mass is 16.2. The molecular weight excluding hydrogens is 338 g/mol. The van der Waals surface area contributed by atoms with Gasteiger partial charge in [0.15, 0.2) is 5.69 Å². The van der Waals surface area contributed by atoms with Crippen LogP contribution in [0.3, 0.4) is 0 Å². The summed E-state index contributed by atoms with van der Waals surface area (Å²) in [5.41, 5.74) is 6.31. The van der Waals surface area contributed by atoms with Crippen molar-refractivity contribution in [3.63, 3.8) is 0 Å². The van der Waals surface area contributed by atoms with Gasteiger partial charge in [0.1, 0.15) is 5.69 Å². The smallest absolute Gasteiger partial charge is 0.265 e. The molecule has 4 aromatic rings. The largest absolute Gasteiger partial charge is 0.292 e. The number of nitrogens with zero attached hydrogens (tertiary/aromatic N) is 4. The Morgan fingerprint density at radius 3 is 2.26 bits per heavy atom. The molecule has 0 aliphatic heterocycles. The molecule has 6 heteroatoms. The van der Waals surface area contributed by atoms with Crippen LogP contribution in [0.15, 0.2) is 84.2 Å². The Labute approximate surface area is 155 Å². The quantitative estimate of drug-likeness (QED) is 0.450. The van der Waals surface area contributed by atoms with Crippen molar-refractivity contribution in [1.29, 1.82) is 0 Å². The number of rotatable bonds is 4. The maximum atomic E-state index is 12.7.